The van der Waals surface area contributed by atoms with Crippen LogP contribution in [0.5, 0.6) is 0 Å². The van der Waals surface area contributed by atoms with Crippen LogP contribution in [0.1, 0.15) is 50.6 Å². The first-order chi connectivity index (χ1) is 15.8. The van der Waals surface area contributed by atoms with Crippen molar-refractivity contribution in [2.45, 2.75) is 63.9 Å². The van der Waals surface area contributed by atoms with E-state index < -0.39 is 0 Å². The van der Waals surface area contributed by atoms with Gasteiger partial charge in [-0.05, 0) is 52.9 Å². The summed E-state index contributed by atoms with van der Waals surface area (Å²) in [7, 11) is 0. The zero-order chi connectivity index (χ0) is 22.3. The molecule has 0 aliphatic carbocycles. The Morgan fingerprint density at radius 3 is 2.44 bits per heavy atom. The number of benzene rings is 1. The van der Waals surface area contributed by atoms with E-state index in [4.69, 9.17) is 0 Å². The van der Waals surface area contributed by atoms with Crippen molar-refractivity contribution in [3.05, 3.63) is 59.7 Å². The van der Waals surface area contributed by atoms with Gasteiger partial charge in [-0.3, -0.25) is 9.55 Å². The number of hydrogen-bond donors (Lipinski definition) is 0. The van der Waals surface area contributed by atoms with Gasteiger partial charge in [-0.1, -0.05) is 57.2 Å². The largest absolute Gasteiger partial charge is 0.269 e. The minimum Gasteiger partial charge on any atom is -0.269 e. The summed E-state index contributed by atoms with van der Waals surface area (Å²) >= 11 is 1.61. The normalized spacial score (nSPS) is 11.2. The summed E-state index contributed by atoms with van der Waals surface area (Å²) in [4.78, 5) is 4.30. The fourth-order valence-corrected chi connectivity index (χ4v) is 4.56. The van der Waals surface area contributed by atoms with Gasteiger partial charge in [-0.2, -0.15) is 0 Å². The lowest BCUT2D eigenvalue weighted by molar-refractivity contribution is 0.540. The fourth-order valence-electron chi connectivity index (χ4n) is 3.69. The maximum absolute atomic E-state index is 4.58. The highest BCUT2D eigenvalue weighted by molar-refractivity contribution is 7.98. The Morgan fingerprint density at radius 1 is 0.938 bits per heavy atom. The molecule has 3 aromatic heterocycles. The first kappa shape index (κ1) is 22.1. The molecule has 0 bridgehead atoms. The Morgan fingerprint density at radius 2 is 1.75 bits per heavy atom. The molecule has 0 aliphatic heterocycles. The first-order valence-corrected chi connectivity index (χ1v) is 12.1. The minimum atomic E-state index is 0.623. The summed E-state index contributed by atoms with van der Waals surface area (Å²) in [5.41, 5.74) is 4.63. The topological polar surface area (TPSA) is 87.2 Å². The number of hydrogen-bond acceptors (Lipinski definition) is 7. The molecule has 9 heteroatoms. The Labute approximate surface area is 192 Å². The van der Waals surface area contributed by atoms with Gasteiger partial charge in [0.1, 0.15) is 0 Å². The third-order valence-corrected chi connectivity index (χ3v) is 6.33. The lowest BCUT2D eigenvalue weighted by atomic mass is 10.0. The van der Waals surface area contributed by atoms with Crippen LogP contribution in [0.15, 0.2) is 47.9 Å². The summed E-state index contributed by atoms with van der Waals surface area (Å²) in [6.07, 6.45) is 7.60. The molecule has 0 fully saturated rings. The van der Waals surface area contributed by atoms with Gasteiger partial charge < -0.3 is 0 Å². The zero-order valence-corrected chi connectivity index (χ0v) is 19.6. The van der Waals surface area contributed by atoms with E-state index in [0.717, 1.165) is 60.3 Å². The summed E-state index contributed by atoms with van der Waals surface area (Å²) in [5, 5.41) is 22.2. The van der Waals surface area contributed by atoms with E-state index in [-0.39, 0.29) is 0 Å². The zero-order valence-electron chi connectivity index (χ0n) is 18.8. The van der Waals surface area contributed by atoms with Crippen LogP contribution in [0.3, 0.4) is 0 Å². The van der Waals surface area contributed by atoms with Gasteiger partial charge in [-0.25, -0.2) is 4.68 Å². The van der Waals surface area contributed by atoms with Crippen molar-refractivity contribution >= 4 is 11.8 Å². The second kappa shape index (κ2) is 10.5. The number of para-hydroxylation sites is 1. The molecule has 4 aromatic rings. The SMILES string of the molecule is CCCCn1nnnc1CSc1nnc(-c2cccnc2)n1-c1c(CC)cccc1CC. The smallest absolute Gasteiger partial charge is 0.196 e. The van der Waals surface area contributed by atoms with E-state index in [1.165, 1.54) is 11.1 Å². The van der Waals surface area contributed by atoms with Crippen LogP contribution in [-0.2, 0) is 25.1 Å². The number of pyridine rings is 1. The van der Waals surface area contributed by atoms with Crippen molar-refractivity contribution in [3.63, 3.8) is 0 Å². The molecule has 0 unspecified atom stereocenters. The summed E-state index contributed by atoms with van der Waals surface area (Å²) < 4.78 is 4.07. The Bertz CT molecular complexity index is 1130. The molecule has 0 radical (unpaired) electrons. The number of unbranched alkanes of at least 4 members (excludes halogenated alkanes) is 1. The summed E-state index contributed by atoms with van der Waals surface area (Å²) in [6.45, 7) is 7.35. The second-order valence-electron chi connectivity index (χ2n) is 7.48. The molecular formula is C23H28N8S. The van der Waals surface area contributed by atoms with E-state index in [9.17, 15) is 0 Å². The highest BCUT2D eigenvalue weighted by Gasteiger charge is 2.21. The maximum atomic E-state index is 4.58. The van der Waals surface area contributed by atoms with Crippen molar-refractivity contribution in [2.24, 2.45) is 0 Å². The lowest BCUT2D eigenvalue weighted by Crippen LogP contribution is -2.08. The predicted octanol–water partition coefficient (Wildman–Crippen LogP) is 4.53. The third-order valence-electron chi connectivity index (χ3n) is 5.40. The molecule has 32 heavy (non-hydrogen) atoms. The molecule has 0 spiro atoms. The van der Waals surface area contributed by atoms with Crippen LogP contribution >= 0.6 is 11.8 Å². The predicted molar refractivity (Wildman–Crippen MR) is 126 cm³/mol. The summed E-state index contributed by atoms with van der Waals surface area (Å²) in [6, 6.07) is 10.4. The molecule has 0 atom stereocenters. The van der Waals surface area contributed by atoms with Crippen molar-refractivity contribution in [3.8, 4) is 17.1 Å². The molecule has 8 nitrogen and oxygen atoms in total. The maximum Gasteiger partial charge on any atom is 0.196 e. The quantitative estimate of drug-likeness (QED) is 0.329. The third kappa shape index (κ3) is 4.57. The van der Waals surface area contributed by atoms with Gasteiger partial charge >= 0.3 is 0 Å². The van der Waals surface area contributed by atoms with Crippen molar-refractivity contribution < 1.29 is 0 Å². The van der Waals surface area contributed by atoms with Crippen molar-refractivity contribution in [1.82, 2.24) is 40.0 Å². The van der Waals surface area contributed by atoms with Crippen LogP contribution in [0, 0.1) is 0 Å². The first-order valence-electron chi connectivity index (χ1n) is 11.1. The highest BCUT2D eigenvalue weighted by Crippen LogP contribution is 2.33. The minimum absolute atomic E-state index is 0.623. The van der Waals surface area contributed by atoms with Gasteiger partial charge in [0, 0.05) is 24.5 Å². The van der Waals surface area contributed by atoms with Crippen LogP contribution in [-0.4, -0.2) is 40.0 Å². The van der Waals surface area contributed by atoms with E-state index in [2.05, 4.69) is 74.2 Å². The second-order valence-corrected chi connectivity index (χ2v) is 8.42. The number of thioether (sulfide) groups is 1. The standard InChI is InChI=1S/C23H28N8S/c1-4-7-14-30-20(25-28-29-30)16-32-23-27-26-22(19-12-9-13-24-15-19)31(23)21-17(5-2)10-8-11-18(21)6-3/h8-13,15H,4-7,14,16H2,1-3H3. The van der Waals surface area contributed by atoms with Crippen molar-refractivity contribution in [1.29, 1.82) is 0 Å². The molecule has 3 heterocycles. The molecule has 0 N–H and O–H groups in total. The number of nitrogens with zero attached hydrogens (tertiary/aromatic N) is 8. The average molecular weight is 449 g/mol. The van der Waals surface area contributed by atoms with Gasteiger partial charge in [0.05, 0.1) is 11.4 Å². The molecule has 166 valence electrons. The molecule has 1 aromatic carbocycles. The molecule has 0 saturated carbocycles. The number of aryl methyl sites for hydroxylation is 3. The molecular weight excluding hydrogens is 420 g/mol. The lowest BCUT2D eigenvalue weighted by Gasteiger charge is -2.17. The van der Waals surface area contributed by atoms with Crippen molar-refractivity contribution in [2.75, 3.05) is 0 Å². The molecule has 0 saturated heterocycles. The van der Waals surface area contributed by atoms with Crippen LogP contribution in [0.4, 0.5) is 0 Å². The Hall–Kier alpha value is -3.07. The number of rotatable bonds is 10. The van der Waals surface area contributed by atoms with Gasteiger partial charge in [0.25, 0.3) is 0 Å². The fraction of sp³-hybridized carbons (Fsp3) is 0.391. The summed E-state index contributed by atoms with van der Waals surface area (Å²) in [5.74, 6) is 2.26. The molecule has 0 amide bonds. The highest BCUT2D eigenvalue weighted by atomic mass is 32.2. The van der Waals surface area contributed by atoms with Gasteiger partial charge in [0.2, 0.25) is 0 Å². The van der Waals surface area contributed by atoms with Gasteiger partial charge in [0.15, 0.2) is 16.8 Å². The Kier molecular flexibility index (Phi) is 7.26. The van der Waals surface area contributed by atoms with E-state index in [1.54, 1.807) is 18.0 Å². The van der Waals surface area contributed by atoms with E-state index in [0.29, 0.717) is 5.75 Å². The van der Waals surface area contributed by atoms with Crippen LogP contribution < -0.4 is 0 Å². The van der Waals surface area contributed by atoms with E-state index in [1.807, 2.05) is 23.0 Å². The van der Waals surface area contributed by atoms with Gasteiger partial charge in [-0.15, -0.1) is 15.3 Å². The molecule has 0 aliphatic rings. The average Bonchev–Trinajstić information content (AvgIpc) is 3.47. The number of tetrazole rings is 1. The van der Waals surface area contributed by atoms with Crippen LogP contribution in [0.2, 0.25) is 0 Å². The Balaban J connectivity index is 1.77. The van der Waals surface area contributed by atoms with Crippen LogP contribution in [0.25, 0.3) is 17.1 Å². The number of aromatic nitrogens is 8. The molecule has 4 rings (SSSR count). The van der Waals surface area contributed by atoms with E-state index >= 15 is 0 Å². The monoisotopic (exact) mass is 448 g/mol.